The van der Waals surface area contributed by atoms with Crippen molar-refractivity contribution >= 4 is 39.5 Å². The van der Waals surface area contributed by atoms with E-state index in [1.54, 1.807) is 0 Å². The highest BCUT2D eigenvalue weighted by molar-refractivity contribution is 7.47. The molecule has 0 saturated carbocycles. The van der Waals surface area contributed by atoms with Gasteiger partial charge in [0.2, 0.25) is 0 Å². The van der Waals surface area contributed by atoms with Crippen LogP contribution in [-0.4, -0.2) is 96.7 Å². The summed E-state index contributed by atoms with van der Waals surface area (Å²) in [6.07, 6.45) is 49.8. The van der Waals surface area contributed by atoms with Crippen molar-refractivity contribution in [2.75, 3.05) is 39.6 Å². The minimum absolute atomic E-state index is 0.0846. The normalized spacial score (nSPS) is 14.3. The molecule has 0 aromatic heterocycles. The summed E-state index contributed by atoms with van der Waals surface area (Å²) >= 11 is 0. The molecule has 0 spiro atoms. The largest absolute Gasteiger partial charge is 0.472 e. The van der Waals surface area contributed by atoms with E-state index in [9.17, 15) is 43.2 Å². The topological polar surface area (TPSA) is 237 Å². The Bertz CT molecular complexity index is 1880. The van der Waals surface area contributed by atoms with Gasteiger partial charge in [-0.25, -0.2) is 9.13 Å². The third-order valence-electron chi connectivity index (χ3n) is 16.0. The van der Waals surface area contributed by atoms with Crippen LogP contribution < -0.4 is 0 Å². The molecule has 0 bridgehead atoms. The lowest BCUT2D eigenvalue weighted by molar-refractivity contribution is -0.161. The van der Waals surface area contributed by atoms with Crippen molar-refractivity contribution in [3.8, 4) is 0 Å². The third kappa shape index (κ3) is 66.0. The Morgan fingerprint density at radius 2 is 0.593 bits per heavy atom. The highest BCUT2D eigenvalue weighted by atomic mass is 31.2. The van der Waals surface area contributed by atoms with Gasteiger partial charge in [0.15, 0.2) is 12.2 Å². The Morgan fingerprint density at radius 3 is 0.890 bits per heavy atom. The minimum atomic E-state index is -4.96. The first-order chi connectivity index (χ1) is 43.7. The lowest BCUT2D eigenvalue weighted by Crippen LogP contribution is -2.30. The number of aliphatic hydroxyl groups is 1. The van der Waals surface area contributed by atoms with Crippen molar-refractivity contribution in [2.45, 2.75) is 356 Å². The monoisotopic (exact) mass is 1330 g/mol. The smallest absolute Gasteiger partial charge is 0.462 e. The molecule has 0 saturated heterocycles. The SMILES string of the molecule is CCCCCC/C=C\C=C/CCCCCCCC(=O)O[C@H](COC(=O)CCCCCCCCCCCCCCCCCC(C)C)COP(=O)(O)OC[C@@H](O)COP(=O)(O)OC[C@@H](COC(=O)CCCCCCCCC(C)C)OC(=O)CCCCCCCCC(C)C. The molecule has 3 N–H and O–H groups in total. The fraction of sp³-hybridized carbons (Fsp3) is 0.889. The summed E-state index contributed by atoms with van der Waals surface area (Å²) in [5, 5.41) is 10.6. The number of carbonyl (C=O) groups excluding carboxylic acids is 4. The van der Waals surface area contributed by atoms with E-state index in [1.165, 1.54) is 128 Å². The van der Waals surface area contributed by atoms with E-state index >= 15 is 0 Å². The van der Waals surface area contributed by atoms with E-state index < -0.39 is 97.5 Å². The molecule has 0 aliphatic carbocycles. The number of phosphoric acid groups is 2. The molecule has 536 valence electrons. The average Bonchev–Trinajstić information content (AvgIpc) is 2.87. The van der Waals surface area contributed by atoms with E-state index in [4.69, 9.17) is 37.0 Å². The van der Waals surface area contributed by atoms with E-state index in [0.29, 0.717) is 37.5 Å². The summed E-state index contributed by atoms with van der Waals surface area (Å²) in [6.45, 7) is 11.6. The summed E-state index contributed by atoms with van der Waals surface area (Å²) < 4.78 is 68.2. The maximum absolute atomic E-state index is 13.0. The van der Waals surface area contributed by atoms with E-state index in [0.717, 1.165) is 115 Å². The van der Waals surface area contributed by atoms with E-state index in [-0.39, 0.29) is 25.7 Å². The second-order valence-corrected chi connectivity index (χ2v) is 29.6. The fourth-order valence-electron chi connectivity index (χ4n) is 10.4. The van der Waals surface area contributed by atoms with Gasteiger partial charge in [0.25, 0.3) is 0 Å². The van der Waals surface area contributed by atoms with Gasteiger partial charge in [-0.3, -0.25) is 37.3 Å². The van der Waals surface area contributed by atoms with Crippen molar-refractivity contribution in [2.24, 2.45) is 17.8 Å². The van der Waals surface area contributed by atoms with Crippen LogP contribution in [-0.2, 0) is 65.4 Å². The molecule has 91 heavy (non-hydrogen) atoms. The Kier molecular flexibility index (Phi) is 60.7. The van der Waals surface area contributed by atoms with Gasteiger partial charge in [0.05, 0.1) is 26.4 Å². The van der Waals surface area contributed by atoms with E-state index in [1.807, 2.05) is 0 Å². The third-order valence-corrected chi connectivity index (χ3v) is 17.9. The first kappa shape index (κ1) is 88.5. The van der Waals surface area contributed by atoms with E-state index in [2.05, 4.69) is 72.8 Å². The number of carbonyl (C=O) groups is 4. The highest BCUT2D eigenvalue weighted by Gasteiger charge is 2.30. The molecule has 5 atom stereocenters. The van der Waals surface area contributed by atoms with Crippen molar-refractivity contribution in [1.82, 2.24) is 0 Å². The Morgan fingerprint density at radius 1 is 0.341 bits per heavy atom. The second-order valence-electron chi connectivity index (χ2n) is 26.7. The molecular formula is C72H136O17P2. The van der Waals surface area contributed by atoms with Crippen LogP contribution in [0.3, 0.4) is 0 Å². The maximum atomic E-state index is 13.0. The fourth-order valence-corrected chi connectivity index (χ4v) is 11.9. The highest BCUT2D eigenvalue weighted by Crippen LogP contribution is 2.45. The van der Waals surface area contributed by atoms with Crippen LogP contribution in [0.4, 0.5) is 0 Å². The number of allylic oxidation sites excluding steroid dienone is 4. The summed E-state index contributed by atoms with van der Waals surface area (Å²) in [5.41, 5.74) is 0. The molecule has 0 aliphatic heterocycles. The number of esters is 4. The number of rotatable bonds is 68. The second kappa shape index (κ2) is 62.4. The Labute approximate surface area is 554 Å². The average molecular weight is 1340 g/mol. The number of hydrogen-bond acceptors (Lipinski definition) is 15. The standard InChI is InChI=1S/C72H136O17P2/c1-8-9-10-11-12-13-14-15-17-22-25-28-31-41-48-55-71(76)88-67(59-82-69(74)53-46-39-30-27-24-21-19-16-18-20-23-26-29-36-43-50-63(2)3)61-86-90(78,79)84-57-66(73)58-85-91(80,81)87-62-68(89-72(77)56-49-42-35-33-38-45-52-65(6)7)60-83-70(75)54-47-40-34-32-37-44-51-64(4)5/h13-15,17,63-68,73H,8-12,16,18-62H2,1-7H3,(H,78,79)(H,80,81)/b14-13-,17-15-/t66-,67-,68-/m1/s1. The van der Waals surface area contributed by atoms with Gasteiger partial charge in [-0.1, -0.05) is 285 Å². The van der Waals surface area contributed by atoms with Crippen LogP contribution in [0.25, 0.3) is 0 Å². The van der Waals surface area contributed by atoms with Crippen LogP contribution >= 0.6 is 15.6 Å². The number of unbranched alkanes of at least 4 members (excludes halogenated alkanes) is 33. The molecule has 0 fully saturated rings. The lowest BCUT2D eigenvalue weighted by atomic mass is 10.0. The molecule has 0 amide bonds. The zero-order valence-corrected chi connectivity index (χ0v) is 60.6. The van der Waals surface area contributed by atoms with Crippen LogP contribution in [0, 0.1) is 17.8 Å². The first-order valence-corrected chi connectivity index (χ1v) is 39.7. The van der Waals surface area contributed by atoms with Crippen molar-refractivity contribution in [3.05, 3.63) is 24.3 Å². The molecule has 19 heteroatoms. The van der Waals surface area contributed by atoms with Crippen LogP contribution in [0.2, 0.25) is 0 Å². The Hall–Kier alpha value is -2.46. The zero-order chi connectivity index (χ0) is 67.3. The molecule has 0 aliphatic rings. The van der Waals surface area contributed by atoms with Crippen LogP contribution in [0.5, 0.6) is 0 Å². The molecule has 0 rings (SSSR count). The van der Waals surface area contributed by atoms with Gasteiger partial charge < -0.3 is 33.8 Å². The van der Waals surface area contributed by atoms with Gasteiger partial charge in [0.1, 0.15) is 19.3 Å². The first-order valence-electron chi connectivity index (χ1n) is 36.7. The molecule has 17 nitrogen and oxygen atoms in total. The quantitative estimate of drug-likeness (QED) is 0.0169. The van der Waals surface area contributed by atoms with Crippen molar-refractivity contribution in [1.29, 1.82) is 0 Å². The predicted molar refractivity (Wildman–Crippen MR) is 367 cm³/mol. The molecule has 0 radical (unpaired) electrons. The number of phosphoric ester groups is 2. The summed E-state index contributed by atoms with van der Waals surface area (Å²) in [5.74, 6) is -0.0116. The molecule has 0 aromatic rings. The minimum Gasteiger partial charge on any atom is -0.462 e. The molecular weight excluding hydrogens is 1200 g/mol. The van der Waals surface area contributed by atoms with Crippen LogP contribution in [0.1, 0.15) is 337 Å². The van der Waals surface area contributed by atoms with Gasteiger partial charge in [-0.2, -0.15) is 0 Å². The summed E-state index contributed by atoms with van der Waals surface area (Å²) in [6, 6.07) is 0. The number of aliphatic hydroxyl groups excluding tert-OH is 1. The molecule has 0 aromatic carbocycles. The van der Waals surface area contributed by atoms with Gasteiger partial charge >= 0.3 is 39.5 Å². The Balaban J connectivity index is 5.24. The predicted octanol–water partition coefficient (Wildman–Crippen LogP) is 20.2. The number of ether oxygens (including phenoxy) is 4. The van der Waals surface area contributed by atoms with Crippen molar-refractivity contribution < 1.29 is 80.2 Å². The van der Waals surface area contributed by atoms with Gasteiger partial charge in [-0.15, -0.1) is 0 Å². The number of hydrogen-bond donors (Lipinski definition) is 3. The van der Waals surface area contributed by atoms with Crippen LogP contribution in [0.15, 0.2) is 24.3 Å². The van der Waals surface area contributed by atoms with Gasteiger partial charge in [0, 0.05) is 25.7 Å². The lowest BCUT2D eigenvalue weighted by Gasteiger charge is -2.21. The molecule has 0 heterocycles. The zero-order valence-electron chi connectivity index (χ0n) is 58.8. The molecule has 2 unspecified atom stereocenters. The van der Waals surface area contributed by atoms with Crippen molar-refractivity contribution in [3.63, 3.8) is 0 Å². The summed E-state index contributed by atoms with van der Waals surface area (Å²) in [7, 11) is -9.91. The maximum Gasteiger partial charge on any atom is 0.472 e. The van der Waals surface area contributed by atoms with Gasteiger partial charge in [-0.05, 0) is 69.1 Å². The summed E-state index contributed by atoms with van der Waals surface area (Å²) in [4.78, 5) is 72.5.